The van der Waals surface area contributed by atoms with Crippen molar-refractivity contribution in [2.24, 2.45) is 0 Å². The molecular weight excluding hydrogens is 322 g/mol. The summed E-state index contributed by atoms with van der Waals surface area (Å²) in [6, 6.07) is 7.98. The molecule has 1 fully saturated rings. The number of benzene rings is 1. The van der Waals surface area contributed by atoms with Gasteiger partial charge in [-0.1, -0.05) is 28.1 Å². The number of amides is 1. The lowest BCUT2D eigenvalue weighted by molar-refractivity contribution is -0.123. The van der Waals surface area contributed by atoms with Crippen molar-refractivity contribution in [3.63, 3.8) is 0 Å². The predicted molar refractivity (Wildman–Crippen MR) is 80.6 cm³/mol. The lowest BCUT2D eigenvalue weighted by Crippen LogP contribution is -2.35. The molecule has 5 heteroatoms. The maximum absolute atomic E-state index is 12.3. The molecule has 0 atom stereocenters. The van der Waals surface area contributed by atoms with Crippen LogP contribution >= 0.6 is 15.9 Å². The number of aliphatic hydroxyl groups excluding tert-OH is 1. The van der Waals surface area contributed by atoms with E-state index in [1.807, 2.05) is 24.3 Å². The molecule has 110 valence electrons. The molecule has 2 N–H and O–H groups in total. The summed E-state index contributed by atoms with van der Waals surface area (Å²) in [5, 5.41) is 11.6. The molecule has 0 spiro atoms. The smallest absolute Gasteiger partial charge is 0.230 e. The summed E-state index contributed by atoms with van der Waals surface area (Å²) >= 11 is 3.41. The van der Waals surface area contributed by atoms with Crippen molar-refractivity contribution in [3.05, 3.63) is 34.3 Å². The Balaban J connectivity index is 1.78. The van der Waals surface area contributed by atoms with Gasteiger partial charge in [0.15, 0.2) is 0 Å². The van der Waals surface area contributed by atoms with E-state index in [0.717, 1.165) is 29.3 Å². The van der Waals surface area contributed by atoms with Gasteiger partial charge < -0.3 is 15.2 Å². The molecule has 1 amide bonds. The Bertz CT molecular complexity index is 443. The first kappa shape index (κ1) is 15.5. The standard InChI is InChI=1S/C15H20BrNO3/c16-13-4-2-12(3-5-13)15(6-7-15)14(19)17-8-1-10-20-11-9-18/h2-5,18H,1,6-11H2,(H,17,19). The monoisotopic (exact) mass is 341 g/mol. The molecule has 1 saturated carbocycles. The van der Waals surface area contributed by atoms with Crippen LogP contribution in [0.4, 0.5) is 0 Å². The van der Waals surface area contributed by atoms with E-state index in [1.54, 1.807) is 0 Å². The Kier molecular flexibility index (Phi) is 5.57. The lowest BCUT2D eigenvalue weighted by atomic mass is 9.95. The number of rotatable bonds is 8. The van der Waals surface area contributed by atoms with Crippen molar-refractivity contribution < 1.29 is 14.6 Å². The minimum absolute atomic E-state index is 0.0407. The van der Waals surface area contributed by atoms with E-state index >= 15 is 0 Å². The average Bonchev–Trinajstić information content (AvgIpc) is 3.25. The summed E-state index contributed by atoms with van der Waals surface area (Å²) in [5.41, 5.74) is 0.780. The van der Waals surface area contributed by atoms with E-state index in [2.05, 4.69) is 21.2 Å². The SMILES string of the molecule is O=C(NCCCOCCO)C1(c2ccc(Br)cc2)CC1. The zero-order valence-corrected chi connectivity index (χ0v) is 13.0. The van der Waals surface area contributed by atoms with Gasteiger partial charge in [-0.25, -0.2) is 0 Å². The number of nitrogens with one attached hydrogen (secondary N) is 1. The molecule has 0 aliphatic heterocycles. The van der Waals surface area contributed by atoms with Gasteiger partial charge >= 0.3 is 0 Å². The zero-order valence-electron chi connectivity index (χ0n) is 11.4. The van der Waals surface area contributed by atoms with Crippen molar-refractivity contribution in [2.45, 2.75) is 24.7 Å². The van der Waals surface area contributed by atoms with Crippen molar-refractivity contribution >= 4 is 21.8 Å². The topological polar surface area (TPSA) is 58.6 Å². The quantitative estimate of drug-likeness (QED) is 0.711. The molecular formula is C15H20BrNO3. The van der Waals surface area contributed by atoms with Crippen molar-refractivity contribution in [2.75, 3.05) is 26.4 Å². The maximum Gasteiger partial charge on any atom is 0.230 e. The third-order valence-electron chi connectivity index (χ3n) is 3.57. The van der Waals surface area contributed by atoms with E-state index in [9.17, 15) is 4.79 Å². The minimum Gasteiger partial charge on any atom is -0.394 e. The Morgan fingerprint density at radius 2 is 2.00 bits per heavy atom. The molecule has 0 bridgehead atoms. The second-order valence-corrected chi connectivity index (χ2v) is 5.95. The number of hydrogen-bond acceptors (Lipinski definition) is 3. The molecule has 0 aromatic heterocycles. The van der Waals surface area contributed by atoms with Gasteiger partial charge in [-0.2, -0.15) is 0 Å². The number of aliphatic hydroxyl groups is 1. The summed E-state index contributed by atoms with van der Waals surface area (Å²) in [5.74, 6) is 0.113. The number of halogens is 1. The third kappa shape index (κ3) is 3.81. The number of ether oxygens (including phenoxy) is 1. The van der Waals surface area contributed by atoms with Crippen LogP contribution < -0.4 is 5.32 Å². The van der Waals surface area contributed by atoms with Crippen LogP contribution in [0.25, 0.3) is 0 Å². The van der Waals surface area contributed by atoms with E-state index in [4.69, 9.17) is 9.84 Å². The molecule has 4 nitrogen and oxygen atoms in total. The molecule has 1 aliphatic carbocycles. The molecule has 0 unspecified atom stereocenters. The average molecular weight is 342 g/mol. The fourth-order valence-electron chi connectivity index (χ4n) is 2.25. The minimum atomic E-state index is -0.313. The van der Waals surface area contributed by atoms with Gasteiger partial charge in [0.05, 0.1) is 18.6 Å². The summed E-state index contributed by atoms with van der Waals surface area (Å²) < 4.78 is 6.18. The molecule has 1 aromatic rings. The third-order valence-corrected chi connectivity index (χ3v) is 4.10. The Morgan fingerprint density at radius 3 is 2.60 bits per heavy atom. The van der Waals surface area contributed by atoms with E-state index < -0.39 is 0 Å². The molecule has 1 aliphatic rings. The lowest BCUT2D eigenvalue weighted by Gasteiger charge is -2.16. The molecule has 2 rings (SSSR count). The number of carbonyl (C=O) groups excluding carboxylic acids is 1. The van der Waals surface area contributed by atoms with Gasteiger partial charge in [0.25, 0.3) is 0 Å². The van der Waals surface area contributed by atoms with Crippen LogP contribution in [0, 0.1) is 0 Å². The van der Waals surface area contributed by atoms with E-state index in [-0.39, 0.29) is 17.9 Å². The molecule has 0 radical (unpaired) electrons. The first-order chi connectivity index (χ1) is 9.69. The van der Waals surface area contributed by atoms with Crippen LogP contribution in [0.5, 0.6) is 0 Å². The molecule has 0 saturated heterocycles. The van der Waals surface area contributed by atoms with Crippen LogP contribution in [-0.4, -0.2) is 37.4 Å². The van der Waals surface area contributed by atoms with Gasteiger partial charge in [0.1, 0.15) is 0 Å². The number of carbonyl (C=O) groups is 1. The van der Waals surface area contributed by atoms with Gasteiger partial charge in [-0.3, -0.25) is 4.79 Å². The van der Waals surface area contributed by atoms with Crippen LogP contribution in [0.3, 0.4) is 0 Å². The van der Waals surface area contributed by atoms with E-state index in [0.29, 0.717) is 19.8 Å². The highest BCUT2D eigenvalue weighted by atomic mass is 79.9. The Labute approximate surface area is 127 Å². The summed E-state index contributed by atoms with van der Waals surface area (Å²) in [6.45, 7) is 1.57. The van der Waals surface area contributed by atoms with Crippen LogP contribution in [0.2, 0.25) is 0 Å². The largest absolute Gasteiger partial charge is 0.394 e. The van der Waals surface area contributed by atoms with Crippen LogP contribution in [0.1, 0.15) is 24.8 Å². The molecule has 20 heavy (non-hydrogen) atoms. The molecule has 1 aromatic carbocycles. The second-order valence-electron chi connectivity index (χ2n) is 5.03. The highest BCUT2D eigenvalue weighted by Gasteiger charge is 2.50. The van der Waals surface area contributed by atoms with Crippen molar-refractivity contribution in [1.29, 1.82) is 0 Å². The van der Waals surface area contributed by atoms with Gasteiger partial charge in [-0.05, 0) is 37.0 Å². The first-order valence-electron chi connectivity index (χ1n) is 6.92. The second kappa shape index (κ2) is 7.20. The first-order valence-corrected chi connectivity index (χ1v) is 7.71. The van der Waals surface area contributed by atoms with Gasteiger partial charge in [-0.15, -0.1) is 0 Å². The zero-order chi connectivity index (χ0) is 14.4. The predicted octanol–water partition coefficient (Wildman–Crippen LogP) is 2.00. The Hall–Kier alpha value is -0.910. The number of hydrogen-bond donors (Lipinski definition) is 2. The van der Waals surface area contributed by atoms with Crippen molar-refractivity contribution in [3.8, 4) is 0 Å². The highest BCUT2D eigenvalue weighted by Crippen LogP contribution is 2.48. The fraction of sp³-hybridized carbons (Fsp3) is 0.533. The summed E-state index contributed by atoms with van der Waals surface area (Å²) in [4.78, 5) is 12.3. The van der Waals surface area contributed by atoms with Gasteiger partial charge in [0, 0.05) is 17.6 Å². The van der Waals surface area contributed by atoms with Crippen LogP contribution in [0.15, 0.2) is 28.7 Å². The Morgan fingerprint density at radius 1 is 1.30 bits per heavy atom. The summed E-state index contributed by atoms with van der Waals surface area (Å²) in [7, 11) is 0. The summed E-state index contributed by atoms with van der Waals surface area (Å²) in [6.07, 6.45) is 2.60. The fourth-order valence-corrected chi connectivity index (χ4v) is 2.52. The van der Waals surface area contributed by atoms with Crippen molar-refractivity contribution in [1.82, 2.24) is 5.32 Å². The normalized spacial score (nSPS) is 15.9. The van der Waals surface area contributed by atoms with E-state index in [1.165, 1.54) is 0 Å². The highest BCUT2D eigenvalue weighted by molar-refractivity contribution is 9.10. The van der Waals surface area contributed by atoms with Gasteiger partial charge in [0.2, 0.25) is 5.91 Å². The van der Waals surface area contributed by atoms with Crippen LogP contribution in [-0.2, 0) is 14.9 Å². The maximum atomic E-state index is 12.3. The molecule has 0 heterocycles.